The van der Waals surface area contributed by atoms with Gasteiger partial charge in [0.25, 0.3) is 0 Å². The monoisotopic (exact) mass is 1590 g/mol. The van der Waals surface area contributed by atoms with Crippen LogP contribution in [-0.4, -0.2) is 217 Å². The van der Waals surface area contributed by atoms with Gasteiger partial charge in [0.2, 0.25) is 0 Å². The molecule has 10 aromatic carbocycles. The van der Waals surface area contributed by atoms with E-state index < -0.39 is 0 Å². The molecule has 0 radical (unpaired) electrons. The van der Waals surface area contributed by atoms with E-state index >= 15 is 0 Å². The van der Waals surface area contributed by atoms with Crippen molar-refractivity contribution in [2.75, 3.05) is 159 Å². The molecule has 15 heteroatoms. The number of hydrogen-bond acceptors (Lipinski definition) is 10. The van der Waals surface area contributed by atoms with Crippen LogP contribution in [0.15, 0.2) is 212 Å². The van der Waals surface area contributed by atoms with Crippen molar-refractivity contribution >= 4 is 83.7 Å². The molecule has 0 N–H and O–H groups in total. The smallest absolute Gasteiger partial charge is 0.338 e. The fourth-order valence-electron chi connectivity index (χ4n) is 15.8. The lowest BCUT2D eigenvalue weighted by Gasteiger charge is -2.42. The van der Waals surface area contributed by atoms with Crippen molar-refractivity contribution in [2.24, 2.45) is 0 Å². The molecule has 0 spiro atoms. The van der Waals surface area contributed by atoms with Crippen LogP contribution in [0.2, 0.25) is 0 Å². The molecule has 0 amide bonds. The first-order chi connectivity index (χ1) is 56.0. The number of ether oxygens (including phenoxy) is 5. The molecule has 0 aliphatic carbocycles. The van der Waals surface area contributed by atoms with Crippen molar-refractivity contribution in [3.05, 3.63) is 240 Å². The van der Waals surface area contributed by atoms with E-state index in [4.69, 9.17) is 23.7 Å². The quantitative estimate of drug-likeness (QED) is 0.0208. The van der Waals surface area contributed by atoms with Crippen LogP contribution in [0.3, 0.4) is 0 Å². The number of likely N-dealkylation sites (N-methyl/N-ethyl adjacent to an activating group) is 5. The SMILES string of the molecule is CCCC[N+](CC)(CCC)CCOC(=O)c1ccc2ccccc2c1.CCCC[N+](CC)(CCC)CCOC(=O)c1cccc2ccccc12.CCC[N+](CC)(CCOC(=O)c1cccc2ccccc12)C(C)CC.CC[N+](CC)(CC)CCOC(=O)c1cccc2ccccc12.C[N+](C)(C)CCOC(=O)c1cccc2ccccc12. The number of hydrogen-bond donors (Lipinski definition) is 0. The third-order valence-electron chi connectivity index (χ3n) is 23.7. The molecular weight excluding hydrogens is 1440 g/mol. The number of rotatable bonds is 40. The summed E-state index contributed by atoms with van der Waals surface area (Å²) >= 11 is 0. The summed E-state index contributed by atoms with van der Waals surface area (Å²) in [5.74, 6) is -1.11. The molecule has 0 fully saturated rings. The highest BCUT2D eigenvalue weighted by molar-refractivity contribution is 6.07. The Labute approximate surface area is 696 Å². The minimum absolute atomic E-state index is 0.210. The maximum Gasteiger partial charge on any atom is 0.338 e. The zero-order valence-electron chi connectivity index (χ0n) is 73.6. The Balaban J connectivity index is 0.000000226. The number of benzene rings is 10. The van der Waals surface area contributed by atoms with Gasteiger partial charge in [0.05, 0.1) is 127 Å². The normalized spacial score (nSPS) is 13.1. The molecule has 0 saturated carbocycles. The van der Waals surface area contributed by atoms with E-state index in [0.29, 0.717) is 66.9 Å². The highest BCUT2D eigenvalue weighted by atomic mass is 16.5. The fraction of sp³-hybridized carbons (Fsp3) is 0.455. The van der Waals surface area contributed by atoms with Crippen LogP contribution in [-0.2, 0) is 23.7 Å². The van der Waals surface area contributed by atoms with Gasteiger partial charge in [-0.15, -0.1) is 0 Å². The number of quaternary nitrogens is 5. The van der Waals surface area contributed by atoms with Gasteiger partial charge >= 0.3 is 29.8 Å². The molecule has 4 atom stereocenters. The van der Waals surface area contributed by atoms with Crippen molar-refractivity contribution in [3.8, 4) is 0 Å². The van der Waals surface area contributed by atoms with Crippen molar-refractivity contribution in [1.82, 2.24) is 0 Å². The minimum Gasteiger partial charge on any atom is -0.456 e. The van der Waals surface area contributed by atoms with Crippen molar-refractivity contribution in [1.29, 1.82) is 0 Å². The lowest BCUT2D eigenvalue weighted by molar-refractivity contribution is -0.948. The number of fused-ring (bicyclic) bond motifs is 5. The Bertz CT molecular complexity index is 4590. The Hall–Kier alpha value is -9.35. The molecule has 0 saturated heterocycles. The predicted molar refractivity (Wildman–Crippen MR) is 483 cm³/mol. The van der Waals surface area contributed by atoms with Crippen molar-refractivity contribution < 1.29 is 70.1 Å². The van der Waals surface area contributed by atoms with Gasteiger partial charge in [-0.2, -0.15) is 0 Å². The average Bonchev–Trinajstić information content (AvgIpc) is 0.812. The molecule has 4 unspecified atom stereocenters. The predicted octanol–water partition coefficient (Wildman–Crippen LogP) is 21.7. The summed E-state index contributed by atoms with van der Waals surface area (Å²) in [5, 5.41) is 10.3. The lowest BCUT2D eigenvalue weighted by atomic mass is 10.0. The first-order valence-electron chi connectivity index (χ1n) is 43.5. The second-order valence-corrected chi connectivity index (χ2v) is 32.0. The van der Waals surface area contributed by atoms with Gasteiger partial charge in [-0.3, -0.25) is 0 Å². The molecule has 10 rings (SSSR count). The van der Waals surface area contributed by atoms with Crippen LogP contribution >= 0.6 is 0 Å². The summed E-state index contributed by atoms with van der Waals surface area (Å²) in [5.41, 5.74) is 3.25. The van der Waals surface area contributed by atoms with Crippen LogP contribution in [0.4, 0.5) is 0 Å². The van der Waals surface area contributed by atoms with E-state index in [9.17, 15) is 24.0 Å². The van der Waals surface area contributed by atoms with Gasteiger partial charge in [0.15, 0.2) is 0 Å². The molecule has 0 aliphatic rings. The Morgan fingerprint density at radius 2 is 0.578 bits per heavy atom. The zero-order valence-corrected chi connectivity index (χ0v) is 73.6. The second kappa shape index (κ2) is 49.7. The number of unbranched alkanes of at least 4 members (excludes halogenated alkanes) is 2. The summed E-state index contributed by atoms with van der Waals surface area (Å²) in [6.07, 6.45) is 9.49. The van der Waals surface area contributed by atoms with E-state index in [1.807, 2.05) is 206 Å². The standard InChI is InChI=1S/3C22H32NO2.C19H26NO2.C16H20NO2/c1-5-15-23(7-3,18(4)6-2)16-17-25-22(24)21-14-10-12-19-11-8-9-13-20(19)21;1-4-7-16-23(6-3,15-5-2)17-18-25-22(24)21-14-10-12-19-11-8-9-13-20(19)21;1-4-7-15-23(6-3,14-5-2)16-17-25-22(24)21-13-12-19-10-8-9-11-20(19)18-21;1-4-20(5-2,6-3)14-15-22-19(21)18-13-9-11-16-10-7-8-12-17(16)18;1-17(2,3)11-12-19-16(18)15-10-6-8-13-7-4-5-9-14(13)15/h8-14,18H,5-7,15-17H2,1-4H3;8-14H,4-7,15-18H2,1-3H3;8-13,18H,4-7,14-17H2,1-3H3;7-13H,4-6,14-15H2,1-3H3;4-10H,11-12H2,1-3H3/q5*+1. The minimum atomic E-state index is -0.245. The van der Waals surface area contributed by atoms with Crippen molar-refractivity contribution in [2.45, 2.75) is 147 Å². The summed E-state index contributed by atoms with van der Waals surface area (Å²) < 4.78 is 32.7. The molecule has 626 valence electrons. The van der Waals surface area contributed by atoms with E-state index in [1.54, 1.807) is 0 Å². The van der Waals surface area contributed by atoms with Gasteiger partial charge in [-0.05, 0) is 177 Å². The topological polar surface area (TPSA) is 132 Å². The zero-order chi connectivity index (χ0) is 84.4. The Kier molecular flexibility index (Phi) is 40.9. The highest BCUT2D eigenvalue weighted by Crippen LogP contribution is 2.26. The summed E-state index contributed by atoms with van der Waals surface area (Å²) in [6.45, 7) is 48.0. The maximum absolute atomic E-state index is 12.6. The largest absolute Gasteiger partial charge is 0.456 e. The molecule has 0 aliphatic heterocycles. The molecular formula is C101H142N5O10+5. The number of carbonyl (C=O) groups is 5. The van der Waals surface area contributed by atoms with Gasteiger partial charge in [-0.1, -0.05) is 230 Å². The first-order valence-corrected chi connectivity index (χ1v) is 43.5. The van der Waals surface area contributed by atoms with Gasteiger partial charge in [-0.25, -0.2) is 24.0 Å². The Morgan fingerprint density at radius 3 is 0.897 bits per heavy atom. The van der Waals surface area contributed by atoms with Crippen LogP contribution in [0.1, 0.15) is 193 Å². The molecule has 0 heterocycles. The second-order valence-electron chi connectivity index (χ2n) is 32.0. The lowest BCUT2D eigenvalue weighted by Crippen LogP contribution is -2.56. The molecule has 10 aromatic rings. The van der Waals surface area contributed by atoms with Crippen LogP contribution in [0.5, 0.6) is 0 Å². The number of nitrogens with zero attached hydrogens (tertiary/aromatic N) is 5. The Morgan fingerprint density at radius 1 is 0.276 bits per heavy atom. The van der Waals surface area contributed by atoms with E-state index in [0.717, 1.165) is 194 Å². The highest BCUT2D eigenvalue weighted by Gasteiger charge is 2.32. The first kappa shape index (κ1) is 95.5. The molecule has 116 heavy (non-hydrogen) atoms. The van der Waals surface area contributed by atoms with Crippen LogP contribution in [0, 0.1) is 0 Å². The van der Waals surface area contributed by atoms with E-state index in [-0.39, 0.29) is 29.8 Å². The summed E-state index contributed by atoms with van der Waals surface area (Å²) in [7, 11) is 6.23. The number of carbonyl (C=O) groups excluding carboxylic acids is 5. The van der Waals surface area contributed by atoms with E-state index in [1.165, 1.54) is 38.8 Å². The third kappa shape index (κ3) is 28.8. The fourth-order valence-corrected chi connectivity index (χ4v) is 15.8. The summed E-state index contributed by atoms with van der Waals surface area (Å²) in [6, 6.07) is 69.1. The van der Waals surface area contributed by atoms with Gasteiger partial charge in [0, 0.05) is 0 Å². The third-order valence-corrected chi connectivity index (χ3v) is 23.7. The van der Waals surface area contributed by atoms with Gasteiger partial charge < -0.3 is 46.1 Å². The number of esters is 5. The molecule has 0 aromatic heterocycles. The van der Waals surface area contributed by atoms with Crippen LogP contribution < -0.4 is 0 Å². The summed E-state index contributed by atoms with van der Waals surface area (Å²) in [4.78, 5) is 62.1. The van der Waals surface area contributed by atoms with Gasteiger partial charge in [0.1, 0.15) is 65.8 Å². The average molecular weight is 1590 g/mol. The van der Waals surface area contributed by atoms with E-state index in [2.05, 4.69) is 117 Å². The molecule has 15 nitrogen and oxygen atoms in total. The van der Waals surface area contributed by atoms with Crippen LogP contribution in [0.25, 0.3) is 53.9 Å². The van der Waals surface area contributed by atoms with Crippen molar-refractivity contribution in [3.63, 3.8) is 0 Å². The molecule has 0 bridgehead atoms. The maximum atomic E-state index is 12.6.